The molecule has 5 nitrogen and oxygen atoms in total. The van der Waals surface area contributed by atoms with Crippen molar-refractivity contribution in [1.82, 2.24) is 0 Å². The molecular weight excluding hydrogens is 236 g/mol. The second kappa shape index (κ2) is 5.44. The number of carbonyl (C=O) groups is 3. The van der Waals surface area contributed by atoms with Gasteiger partial charge >= 0.3 is 11.9 Å². The fourth-order valence-electron chi connectivity index (χ4n) is 1.74. The Hall–Kier alpha value is -2.17. The van der Waals surface area contributed by atoms with Crippen LogP contribution < -0.4 is 0 Å². The largest absolute Gasteiger partial charge is 0.465 e. The lowest BCUT2D eigenvalue weighted by molar-refractivity contribution is 0.0554. The third-order valence-electron chi connectivity index (χ3n) is 2.64. The molecule has 1 rings (SSSR count). The van der Waals surface area contributed by atoms with Crippen LogP contribution >= 0.6 is 0 Å². The molecule has 0 saturated heterocycles. The van der Waals surface area contributed by atoms with Crippen LogP contribution in [0.1, 0.15) is 43.6 Å². The van der Waals surface area contributed by atoms with Gasteiger partial charge in [-0.2, -0.15) is 0 Å². The zero-order valence-electron chi connectivity index (χ0n) is 10.7. The van der Waals surface area contributed by atoms with Crippen LogP contribution in [-0.2, 0) is 9.47 Å². The van der Waals surface area contributed by atoms with E-state index in [0.717, 1.165) is 0 Å². The van der Waals surface area contributed by atoms with Crippen molar-refractivity contribution < 1.29 is 23.9 Å². The quantitative estimate of drug-likeness (QED) is 0.604. The lowest BCUT2D eigenvalue weighted by Crippen LogP contribution is -2.15. The number of hydrogen-bond acceptors (Lipinski definition) is 5. The first-order valence-corrected chi connectivity index (χ1v) is 5.25. The van der Waals surface area contributed by atoms with Crippen molar-refractivity contribution in [2.24, 2.45) is 0 Å². The summed E-state index contributed by atoms with van der Waals surface area (Å²) in [5, 5.41) is 0. The number of esters is 2. The molecule has 5 heteroatoms. The van der Waals surface area contributed by atoms with Crippen molar-refractivity contribution >= 4 is 17.7 Å². The van der Waals surface area contributed by atoms with Crippen molar-refractivity contribution in [3.8, 4) is 0 Å². The monoisotopic (exact) mass is 250 g/mol. The fourth-order valence-corrected chi connectivity index (χ4v) is 1.74. The van der Waals surface area contributed by atoms with Crippen LogP contribution in [0.25, 0.3) is 0 Å². The van der Waals surface area contributed by atoms with E-state index in [4.69, 9.17) is 0 Å². The average molecular weight is 250 g/mol. The summed E-state index contributed by atoms with van der Waals surface area (Å²) in [5.74, 6) is -1.50. The number of ether oxygens (including phenoxy) is 2. The van der Waals surface area contributed by atoms with Crippen LogP contribution in [0.5, 0.6) is 0 Å². The first kappa shape index (κ1) is 13.9. The summed E-state index contributed by atoms with van der Waals surface area (Å²) in [6.45, 7) is 2.98. The van der Waals surface area contributed by atoms with Gasteiger partial charge in [0.15, 0.2) is 5.78 Å². The normalized spacial score (nSPS) is 9.78. The first-order chi connectivity index (χ1) is 8.43. The summed E-state index contributed by atoms with van der Waals surface area (Å²) >= 11 is 0. The molecule has 0 radical (unpaired) electrons. The van der Waals surface area contributed by atoms with Crippen LogP contribution in [0.4, 0.5) is 0 Å². The van der Waals surface area contributed by atoms with Gasteiger partial charge in [0.2, 0.25) is 0 Å². The molecule has 0 bridgehead atoms. The Labute approximate surface area is 105 Å². The molecule has 1 aromatic rings. The molecule has 0 aliphatic rings. The Bertz CT molecular complexity index is 516. The summed E-state index contributed by atoms with van der Waals surface area (Å²) in [4.78, 5) is 34.7. The predicted octanol–water partition coefficient (Wildman–Crippen LogP) is 1.77. The smallest absolute Gasteiger partial charge is 0.339 e. The highest BCUT2D eigenvalue weighted by Gasteiger charge is 2.23. The Morgan fingerprint density at radius 3 is 1.89 bits per heavy atom. The summed E-state index contributed by atoms with van der Waals surface area (Å²) < 4.78 is 9.22. The topological polar surface area (TPSA) is 69.7 Å². The fraction of sp³-hybridized carbons (Fsp3) is 0.308. The SMILES string of the molecule is COC(=O)c1ccc(C(C)=O)c(C)c1C(=O)OC. The molecule has 0 amide bonds. The minimum absolute atomic E-state index is 0.0667. The van der Waals surface area contributed by atoms with Gasteiger partial charge in [-0.15, -0.1) is 0 Å². The van der Waals surface area contributed by atoms with Gasteiger partial charge in [-0.1, -0.05) is 6.07 Å². The number of benzene rings is 1. The molecule has 0 aromatic heterocycles. The Kier molecular flexibility index (Phi) is 4.20. The van der Waals surface area contributed by atoms with Gasteiger partial charge in [-0.25, -0.2) is 9.59 Å². The molecule has 0 aliphatic carbocycles. The summed E-state index contributed by atoms with van der Waals surface area (Å²) in [6.07, 6.45) is 0. The number of hydrogen-bond donors (Lipinski definition) is 0. The molecule has 0 aliphatic heterocycles. The second-order valence-corrected chi connectivity index (χ2v) is 3.70. The molecule has 96 valence electrons. The van der Waals surface area contributed by atoms with E-state index in [9.17, 15) is 14.4 Å². The number of rotatable bonds is 3. The molecule has 0 heterocycles. The van der Waals surface area contributed by atoms with E-state index >= 15 is 0 Å². The van der Waals surface area contributed by atoms with Crippen molar-refractivity contribution in [2.75, 3.05) is 14.2 Å². The third kappa shape index (κ3) is 2.40. The van der Waals surface area contributed by atoms with E-state index < -0.39 is 11.9 Å². The summed E-state index contributed by atoms with van der Waals surface area (Å²) in [7, 11) is 2.43. The van der Waals surface area contributed by atoms with Gasteiger partial charge in [0.1, 0.15) is 0 Å². The van der Waals surface area contributed by atoms with E-state index in [-0.39, 0.29) is 16.9 Å². The van der Waals surface area contributed by atoms with Gasteiger partial charge < -0.3 is 9.47 Å². The summed E-state index contributed by atoms with van der Waals surface area (Å²) in [6, 6.07) is 2.89. The summed E-state index contributed by atoms with van der Waals surface area (Å²) in [5.41, 5.74) is 0.948. The number of ketones is 1. The van der Waals surface area contributed by atoms with Crippen molar-refractivity contribution in [3.63, 3.8) is 0 Å². The molecular formula is C13H14O5. The van der Waals surface area contributed by atoms with Gasteiger partial charge in [0, 0.05) is 5.56 Å². The van der Waals surface area contributed by atoms with Gasteiger partial charge in [0.25, 0.3) is 0 Å². The zero-order valence-corrected chi connectivity index (χ0v) is 10.7. The number of Topliss-reactive ketones (excluding diaryl/α,β-unsaturated/α-hetero) is 1. The molecule has 0 unspecified atom stereocenters. The minimum Gasteiger partial charge on any atom is -0.465 e. The van der Waals surface area contributed by atoms with Crippen LogP contribution in [0.15, 0.2) is 12.1 Å². The van der Waals surface area contributed by atoms with Gasteiger partial charge in [-0.3, -0.25) is 4.79 Å². The maximum absolute atomic E-state index is 11.7. The van der Waals surface area contributed by atoms with Crippen molar-refractivity contribution in [1.29, 1.82) is 0 Å². The number of carbonyl (C=O) groups excluding carboxylic acids is 3. The van der Waals surface area contributed by atoms with E-state index in [1.165, 1.54) is 33.3 Å². The first-order valence-electron chi connectivity index (χ1n) is 5.25. The molecule has 0 spiro atoms. The Balaban J connectivity index is 3.56. The molecule has 0 saturated carbocycles. The molecule has 0 N–H and O–H groups in total. The lowest BCUT2D eigenvalue weighted by Gasteiger charge is -2.12. The van der Waals surface area contributed by atoms with Crippen LogP contribution in [0.2, 0.25) is 0 Å². The van der Waals surface area contributed by atoms with Gasteiger partial charge in [0.05, 0.1) is 25.3 Å². The number of methoxy groups -OCH3 is 2. The molecule has 1 aromatic carbocycles. The van der Waals surface area contributed by atoms with Gasteiger partial charge in [-0.05, 0) is 25.5 Å². The molecule has 0 atom stereocenters. The highest BCUT2D eigenvalue weighted by Crippen LogP contribution is 2.21. The maximum Gasteiger partial charge on any atom is 0.339 e. The highest BCUT2D eigenvalue weighted by atomic mass is 16.5. The van der Waals surface area contributed by atoms with Crippen molar-refractivity contribution in [2.45, 2.75) is 13.8 Å². The zero-order chi connectivity index (χ0) is 13.9. The minimum atomic E-state index is -0.670. The lowest BCUT2D eigenvalue weighted by atomic mass is 9.95. The highest BCUT2D eigenvalue weighted by molar-refractivity contribution is 6.07. The Morgan fingerprint density at radius 1 is 0.944 bits per heavy atom. The third-order valence-corrected chi connectivity index (χ3v) is 2.64. The second-order valence-electron chi connectivity index (χ2n) is 3.70. The van der Waals surface area contributed by atoms with Crippen LogP contribution in [0.3, 0.4) is 0 Å². The average Bonchev–Trinajstić information content (AvgIpc) is 2.35. The van der Waals surface area contributed by atoms with E-state index in [0.29, 0.717) is 11.1 Å². The Morgan fingerprint density at radius 2 is 1.44 bits per heavy atom. The van der Waals surface area contributed by atoms with Crippen LogP contribution in [-0.4, -0.2) is 31.9 Å². The van der Waals surface area contributed by atoms with Crippen molar-refractivity contribution in [3.05, 3.63) is 34.4 Å². The van der Waals surface area contributed by atoms with Crippen LogP contribution in [0, 0.1) is 6.92 Å². The molecule has 0 fully saturated rings. The standard InChI is InChI=1S/C13H14O5/c1-7-9(8(2)14)5-6-10(12(15)17-3)11(7)13(16)18-4/h5-6H,1-4H3. The van der Waals surface area contributed by atoms with E-state index in [1.807, 2.05) is 0 Å². The maximum atomic E-state index is 11.7. The molecule has 18 heavy (non-hydrogen) atoms. The van der Waals surface area contributed by atoms with E-state index in [1.54, 1.807) is 6.92 Å². The predicted molar refractivity (Wildman–Crippen MR) is 63.9 cm³/mol. The van der Waals surface area contributed by atoms with E-state index in [2.05, 4.69) is 9.47 Å².